The Morgan fingerprint density at radius 2 is 2.17 bits per heavy atom. The van der Waals surface area contributed by atoms with E-state index in [1.165, 1.54) is 18.2 Å². The Hall–Kier alpha value is -3.33. The average molecular weight is 395 g/mol. The van der Waals surface area contributed by atoms with Crippen molar-refractivity contribution in [3.63, 3.8) is 0 Å². The standard InChI is InChI=1S/C20H21N5O4/c1-13-17(20(27)28-2)25(6-7-29-13)19(26)15-8-16-18(22-10-15)24(12-23-16)11-14-4-3-5-21-9-14/h3-5,8-10,12-13,17H,6-7,11H2,1-2H3/t13-,17+/m1/s1. The van der Waals surface area contributed by atoms with Crippen molar-refractivity contribution in [3.8, 4) is 0 Å². The van der Waals surface area contributed by atoms with Gasteiger partial charge in [-0.2, -0.15) is 0 Å². The number of amides is 1. The van der Waals surface area contributed by atoms with Gasteiger partial charge in [0.1, 0.15) is 5.52 Å². The molecule has 1 aliphatic rings. The van der Waals surface area contributed by atoms with Crippen LogP contribution in [0.15, 0.2) is 43.1 Å². The van der Waals surface area contributed by atoms with Crippen LogP contribution in [0, 0.1) is 0 Å². The Labute approximate surface area is 167 Å². The number of ether oxygens (including phenoxy) is 2. The van der Waals surface area contributed by atoms with E-state index in [0.29, 0.717) is 36.4 Å². The van der Waals surface area contributed by atoms with Crippen LogP contribution >= 0.6 is 0 Å². The van der Waals surface area contributed by atoms with Crippen molar-refractivity contribution in [3.05, 3.63) is 54.2 Å². The van der Waals surface area contributed by atoms with Crippen LogP contribution in [-0.4, -0.2) is 68.7 Å². The van der Waals surface area contributed by atoms with E-state index in [9.17, 15) is 9.59 Å². The van der Waals surface area contributed by atoms with E-state index in [0.717, 1.165) is 5.56 Å². The minimum atomic E-state index is -0.792. The smallest absolute Gasteiger partial charge is 0.331 e. The molecule has 0 aliphatic carbocycles. The Bertz CT molecular complexity index is 1040. The maximum absolute atomic E-state index is 13.1. The molecule has 2 atom stereocenters. The molecule has 1 amide bonds. The molecule has 9 nitrogen and oxygen atoms in total. The molecule has 1 fully saturated rings. The molecule has 0 radical (unpaired) electrons. The lowest BCUT2D eigenvalue weighted by molar-refractivity contribution is -0.156. The molecular formula is C20H21N5O4. The van der Waals surface area contributed by atoms with Gasteiger partial charge in [-0.3, -0.25) is 9.78 Å². The van der Waals surface area contributed by atoms with Gasteiger partial charge in [0, 0.05) is 25.1 Å². The molecule has 0 spiro atoms. The molecule has 3 aromatic heterocycles. The number of methoxy groups -OCH3 is 1. The summed E-state index contributed by atoms with van der Waals surface area (Å²) in [6.07, 6.45) is 6.26. The molecule has 150 valence electrons. The lowest BCUT2D eigenvalue weighted by Gasteiger charge is -2.37. The molecule has 4 heterocycles. The van der Waals surface area contributed by atoms with Crippen molar-refractivity contribution in [1.29, 1.82) is 0 Å². The van der Waals surface area contributed by atoms with E-state index in [1.54, 1.807) is 31.7 Å². The summed E-state index contributed by atoms with van der Waals surface area (Å²) in [7, 11) is 1.30. The molecule has 1 saturated heterocycles. The largest absolute Gasteiger partial charge is 0.467 e. The number of hydrogen-bond acceptors (Lipinski definition) is 7. The number of carbonyl (C=O) groups is 2. The fraction of sp³-hybridized carbons (Fsp3) is 0.350. The third-order valence-electron chi connectivity index (χ3n) is 4.98. The fourth-order valence-electron chi connectivity index (χ4n) is 3.52. The second-order valence-electron chi connectivity index (χ2n) is 6.84. The number of rotatable bonds is 4. The van der Waals surface area contributed by atoms with Crippen LogP contribution in [0.25, 0.3) is 11.2 Å². The number of esters is 1. The summed E-state index contributed by atoms with van der Waals surface area (Å²) in [6, 6.07) is 4.75. The first-order valence-electron chi connectivity index (χ1n) is 9.28. The van der Waals surface area contributed by atoms with Crippen molar-refractivity contribution >= 4 is 23.0 Å². The van der Waals surface area contributed by atoms with Crippen molar-refractivity contribution in [2.24, 2.45) is 0 Å². The van der Waals surface area contributed by atoms with E-state index < -0.39 is 18.1 Å². The summed E-state index contributed by atoms with van der Waals surface area (Å²) in [6.45, 7) is 2.99. The highest BCUT2D eigenvalue weighted by molar-refractivity contribution is 5.98. The number of aromatic nitrogens is 4. The van der Waals surface area contributed by atoms with Crippen LogP contribution < -0.4 is 0 Å². The van der Waals surface area contributed by atoms with Crippen LogP contribution in [0.4, 0.5) is 0 Å². The van der Waals surface area contributed by atoms with Gasteiger partial charge in [0.15, 0.2) is 11.7 Å². The third-order valence-corrected chi connectivity index (χ3v) is 4.98. The number of fused-ring (bicyclic) bond motifs is 1. The van der Waals surface area contributed by atoms with E-state index >= 15 is 0 Å². The molecule has 3 aromatic rings. The molecule has 29 heavy (non-hydrogen) atoms. The lowest BCUT2D eigenvalue weighted by atomic mass is 10.1. The van der Waals surface area contributed by atoms with Crippen LogP contribution in [0.5, 0.6) is 0 Å². The zero-order chi connectivity index (χ0) is 20.4. The number of carbonyl (C=O) groups excluding carboxylic acids is 2. The molecule has 0 N–H and O–H groups in total. The van der Waals surface area contributed by atoms with Gasteiger partial charge in [0.05, 0.1) is 38.3 Å². The summed E-state index contributed by atoms with van der Waals surface area (Å²) in [4.78, 5) is 39.7. The summed E-state index contributed by atoms with van der Waals surface area (Å²) in [5.41, 5.74) is 2.67. The minimum Gasteiger partial charge on any atom is -0.467 e. The molecule has 0 bridgehead atoms. The van der Waals surface area contributed by atoms with E-state index in [4.69, 9.17) is 9.47 Å². The lowest BCUT2D eigenvalue weighted by Crippen LogP contribution is -2.56. The number of morpholine rings is 1. The first kappa shape index (κ1) is 19.0. The molecule has 0 aromatic carbocycles. The van der Waals surface area contributed by atoms with Crippen LogP contribution in [0.3, 0.4) is 0 Å². The molecule has 1 aliphatic heterocycles. The second-order valence-corrected chi connectivity index (χ2v) is 6.84. The zero-order valence-electron chi connectivity index (χ0n) is 16.2. The van der Waals surface area contributed by atoms with E-state index in [-0.39, 0.29) is 5.91 Å². The molecule has 0 unspecified atom stereocenters. The predicted molar refractivity (Wildman–Crippen MR) is 103 cm³/mol. The zero-order valence-corrected chi connectivity index (χ0v) is 16.2. The number of imidazole rings is 1. The minimum absolute atomic E-state index is 0.299. The van der Waals surface area contributed by atoms with E-state index in [2.05, 4.69) is 15.0 Å². The number of nitrogens with zero attached hydrogens (tertiary/aromatic N) is 5. The highest BCUT2D eigenvalue weighted by Gasteiger charge is 2.39. The highest BCUT2D eigenvalue weighted by atomic mass is 16.5. The monoisotopic (exact) mass is 395 g/mol. The summed E-state index contributed by atoms with van der Waals surface area (Å²) < 4.78 is 12.3. The van der Waals surface area contributed by atoms with Crippen molar-refractivity contribution in [2.75, 3.05) is 20.3 Å². The van der Waals surface area contributed by atoms with Gasteiger partial charge >= 0.3 is 5.97 Å². The van der Waals surface area contributed by atoms with Gasteiger partial charge in [-0.25, -0.2) is 14.8 Å². The predicted octanol–water partition coefficient (Wildman–Crippen LogP) is 1.28. The van der Waals surface area contributed by atoms with Gasteiger partial charge < -0.3 is 18.9 Å². The first-order chi connectivity index (χ1) is 14.1. The van der Waals surface area contributed by atoms with Gasteiger partial charge in [-0.15, -0.1) is 0 Å². The molecule has 4 rings (SSSR count). The molecule has 9 heteroatoms. The van der Waals surface area contributed by atoms with Gasteiger partial charge in [0.25, 0.3) is 5.91 Å². The summed E-state index contributed by atoms with van der Waals surface area (Å²) in [5, 5.41) is 0. The van der Waals surface area contributed by atoms with Crippen LogP contribution in [-0.2, 0) is 20.8 Å². The fourth-order valence-corrected chi connectivity index (χ4v) is 3.52. The van der Waals surface area contributed by atoms with Crippen molar-refractivity contribution in [1.82, 2.24) is 24.4 Å². The Balaban J connectivity index is 1.60. The first-order valence-corrected chi connectivity index (χ1v) is 9.28. The quantitative estimate of drug-likeness (QED) is 0.614. The number of hydrogen-bond donors (Lipinski definition) is 0. The van der Waals surface area contributed by atoms with Crippen molar-refractivity contribution in [2.45, 2.75) is 25.6 Å². The molecule has 0 saturated carbocycles. The topological polar surface area (TPSA) is 99.4 Å². The summed E-state index contributed by atoms with van der Waals surface area (Å²) >= 11 is 0. The van der Waals surface area contributed by atoms with Gasteiger partial charge in [0.2, 0.25) is 0 Å². The third kappa shape index (κ3) is 3.68. The maximum atomic E-state index is 13.1. The maximum Gasteiger partial charge on any atom is 0.331 e. The van der Waals surface area contributed by atoms with E-state index in [1.807, 2.05) is 16.7 Å². The highest BCUT2D eigenvalue weighted by Crippen LogP contribution is 2.20. The Kier molecular flexibility index (Phi) is 5.22. The average Bonchev–Trinajstić information content (AvgIpc) is 3.15. The Morgan fingerprint density at radius 3 is 2.93 bits per heavy atom. The molecular weight excluding hydrogens is 374 g/mol. The van der Waals surface area contributed by atoms with Crippen molar-refractivity contribution < 1.29 is 19.1 Å². The van der Waals surface area contributed by atoms with Crippen LogP contribution in [0.1, 0.15) is 22.8 Å². The Morgan fingerprint density at radius 1 is 1.31 bits per heavy atom. The SMILES string of the molecule is COC(=O)[C@@H]1[C@@H](C)OCCN1C(=O)c1cnc2c(c1)ncn2Cc1cccnc1. The number of pyridine rings is 2. The summed E-state index contributed by atoms with van der Waals surface area (Å²) in [5.74, 6) is -0.799. The van der Waals surface area contributed by atoms with Gasteiger partial charge in [-0.05, 0) is 24.6 Å². The normalized spacial score (nSPS) is 19.3. The van der Waals surface area contributed by atoms with Crippen LogP contribution in [0.2, 0.25) is 0 Å². The van der Waals surface area contributed by atoms with Gasteiger partial charge in [-0.1, -0.05) is 6.07 Å². The second kappa shape index (κ2) is 7.96.